The lowest BCUT2D eigenvalue weighted by atomic mass is 10.2. The van der Waals surface area contributed by atoms with Gasteiger partial charge in [0.25, 0.3) is 11.9 Å². The number of rotatable bonds is 8. The molecule has 0 atom stereocenters. The van der Waals surface area contributed by atoms with Crippen LogP contribution in [0, 0.1) is 0 Å². The second-order valence-electron chi connectivity index (χ2n) is 7.80. The van der Waals surface area contributed by atoms with Crippen LogP contribution in [0.2, 0.25) is 0 Å². The molecular formula is C25H26N4O3. The van der Waals surface area contributed by atoms with Crippen LogP contribution < -0.4 is 15.0 Å². The number of hydrogen-bond donors (Lipinski definition) is 1. The molecule has 0 aliphatic carbocycles. The highest BCUT2D eigenvalue weighted by atomic mass is 16.5. The van der Waals surface area contributed by atoms with Crippen LogP contribution in [0.15, 0.2) is 77.2 Å². The van der Waals surface area contributed by atoms with E-state index in [0.717, 1.165) is 13.1 Å². The topological polar surface area (TPSA) is 70.8 Å². The predicted molar refractivity (Wildman–Crippen MR) is 127 cm³/mol. The molecule has 4 rings (SSSR count). The molecule has 0 fully saturated rings. The summed E-state index contributed by atoms with van der Waals surface area (Å²) in [5.74, 6) is 1.09. The molecule has 0 radical (unpaired) electrons. The smallest absolute Gasteiger partial charge is 0.298 e. The Labute approximate surface area is 187 Å². The number of likely N-dealkylation sites (N-methyl/N-ethyl adjacent to an activating group) is 2. The summed E-state index contributed by atoms with van der Waals surface area (Å²) in [4.78, 5) is 21.4. The van der Waals surface area contributed by atoms with Crippen LogP contribution in [0.1, 0.15) is 10.4 Å². The van der Waals surface area contributed by atoms with Crippen LogP contribution in [0.4, 0.5) is 11.7 Å². The van der Waals surface area contributed by atoms with Gasteiger partial charge >= 0.3 is 0 Å². The summed E-state index contributed by atoms with van der Waals surface area (Å²) in [6.45, 7) is 1.69. The first kappa shape index (κ1) is 21.4. The minimum absolute atomic E-state index is 0.227. The van der Waals surface area contributed by atoms with E-state index in [1.165, 1.54) is 0 Å². The van der Waals surface area contributed by atoms with E-state index in [1.807, 2.05) is 74.6 Å². The summed E-state index contributed by atoms with van der Waals surface area (Å²) in [5, 5.41) is 2.92. The third-order valence-electron chi connectivity index (χ3n) is 4.92. The molecule has 164 valence electrons. The quantitative estimate of drug-likeness (QED) is 0.430. The number of carbonyl (C=O) groups is 1. The maximum Gasteiger partial charge on any atom is 0.298 e. The number of anilines is 2. The van der Waals surface area contributed by atoms with Crippen LogP contribution in [-0.4, -0.2) is 50.0 Å². The number of nitrogens with one attached hydrogen (secondary N) is 1. The van der Waals surface area contributed by atoms with Gasteiger partial charge in [-0.05, 0) is 62.6 Å². The van der Waals surface area contributed by atoms with Crippen molar-refractivity contribution in [2.75, 3.05) is 44.4 Å². The fourth-order valence-electron chi connectivity index (χ4n) is 3.13. The van der Waals surface area contributed by atoms with Crippen molar-refractivity contribution in [1.29, 1.82) is 0 Å². The van der Waals surface area contributed by atoms with E-state index in [1.54, 1.807) is 24.3 Å². The molecule has 0 unspecified atom stereocenters. The van der Waals surface area contributed by atoms with E-state index in [-0.39, 0.29) is 5.91 Å². The number of aromatic nitrogens is 1. The summed E-state index contributed by atoms with van der Waals surface area (Å²) < 4.78 is 11.7. The zero-order valence-corrected chi connectivity index (χ0v) is 18.4. The molecule has 0 saturated heterocycles. The largest absolute Gasteiger partial charge is 0.457 e. The van der Waals surface area contributed by atoms with Gasteiger partial charge in [-0.3, -0.25) is 4.79 Å². The fraction of sp³-hybridized carbons (Fsp3) is 0.200. The molecule has 0 bridgehead atoms. The summed E-state index contributed by atoms with van der Waals surface area (Å²) in [7, 11) is 6.00. The zero-order chi connectivity index (χ0) is 22.5. The van der Waals surface area contributed by atoms with Crippen molar-refractivity contribution in [3.8, 4) is 11.5 Å². The highest BCUT2D eigenvalue weighted by Crippen LogP contribution is 2.25. The Balaban J connectivity index is 1.46. The minimum Gasteiger partial charge on any atom is -0.457 e. The SMILES string of the molecule is CN(C)CCN(C)c1nc2cc(NC(=O)c3cccc(Oc4ccccc4)c3)ccc2o1. The third kappa shape index (κ3) is 5.25. The summed E-state index contributed by atoms with van der Waals surface area (Å²) in [6, 6.07) is 22.5. The maximum atomic E-state index is 12.8. The van der Waals surface area contributed by atoms with E-state index in [2.05, 4.69) is 15.2 Å². The van der Waals surface area contributed by atoms with Crippen LogP contribution in [0.3, 0.4) is 0 Å². The Hall–Kier alpha value is -3.84. The van der Waals surface area contributed by atoms with Gasteiger partial charge in [0.15, 0.2) is 5.58 Å². The normalized spacial score (nSPS) is 11.0. The average molecular weight is 431 g/mol. The zero-order valence-electron chi connectivity index (χ0n) is 18.4. The van der Waals surface area contributed by atoms with E-state index < -0.39 is 0 Å². The van der Waals surface area contributed by atoms with Gasteiger partial charge in [0.1, 0.15) is 17.0 Å². The highest BCUT2D eigenvalue weighted by Gasteiger charge is 2.13. The maximum absolute atomic E-state index is 12.8. The van der Waals surface area contributed by atoms with Crippen molar-refractivity contribution in [2.24, 2.45) is 0 Å². The van der Waals surface area contributed by atoms with Crippen molar-refractivity contribution in [3.63, 3.8) is 0 Å². The van der Waals surface area contributed by atoms with E-state index in [9.17, 15) is 4.79 Å². The monoisotopic (exact) mass is 430 g/mol. The number of para-hydroxylation sites is 1. The lowest BCUT2D eigenvalue weighted by Gasteiger charge is -2.17. The summed E-state index contributed by atoms with van der Waals surface area (Å²) in [5.41, 5.74) is 2.51. The van der Waals surface area contributed by atoms with Crippen molar-refractivity contribution in [2.45, 2.75) is 0 Å². The van der Waals surface area contributed by atoms with E-state index in [0.29, 0.717) is 39.9 Å². The predicted octanol–water partition coefficient (Wildman–Crippen LogP) is 4.87. The molecule has 3 aromatic carbocycles. The van der Waals surface area contributed by atoms with Crippen molar-refractivity contribution >= 4 is 28.7 Å². The molecule has 1 amide bonds. The second kappa shape index (κ2) is 9.53. The van der Waals surface area contributed by atoms with Crippen LogP contribution in [-0.2, 0) is 0 Å². The average Bonchev–Trinajstić information content (AvgIpc) is 3.22. The number of nitrogens with zero attached hydrogens (tertiary/aromatic N) is 3. The molecule has 0 aliphatic heterocycles. The Morgan fingerprint density at radius 1 is 0.938 bits per heavy atom. The molecule has 4 aromatic rings. The number of amides is 1. The number of carbonyl (C=O) groups excluding carboxylic acids is 1. The number of benzene rings is 3. The lowest BCUT2D eigenvalue weighted by molar-refractivity contribution is 0.102. The third-order valence-corrected chi connectivity index (χ3v) is 4.92. The summed E-state index contributed by atoms with van der Waals surface area (Å²) >= 11 is 0. The van der Waals surface area contributed by atoms with E-state index in [4.69, 9.17) is 9.15 Å². The molecule has 32 heavy (non-hydrogen) atoms. The van der Waals surface area contributed by atoms with Gasteiger partial charge in [0, 0.05) is 31.4 Å². The minimum atomic E-state index is -0.227. The molecule has 1 aromatic heterocycles. The summed E-state index contributed by atoms with van der Waals surface area (Å²) in [6.07, 6.45) is 0. The van der Waals surface area contributed by atoms with Gasteiger partial charge in [-0.2, -0.15) is 4.98 Å². The van der Waals surface area contributed by atoms with Gasteiger partial charge in [0.05, 0.1) is 0 Å². The Kier molecular flexibility index (Phi) is 6.37. The van der Waals surface area contributed by atoms with Crippen LogP contribution in [0.25, 0.3) is 11.1 Å². The first-order chi connectivity index (χ1) is 15.5. The molecule has 1 N–H and O–H groups in total. The van der Waals surface area contributed by atoms with Crippen LogP contribution >= 0.6 is 0 Å². The molecule has 0 aliphatic rings. The Bertz CT molecular complexity index is 1200. The van der Waals surface area contributed by atoms with Gasteiger partial charge in [-0.25, -0.2) is 0 Å². The van der Waals surface area contributed by atoms with Gasteiger partial charge in [-0.1, -0.05) is 24.3 Å². The van der Waals surface area contributed by atoms with E-state index >= 15 is 0 Å². The molecule has 0 saturated carbocycles. The molecule has 7 heteroatoms. The standard InChI is InChI=1S/C25H26N4O3/c1-28(2)14-15-29(3)25-27-22-17-19(12-13-23(22)32-25)26-24(30)18-8-7-11-21(16-18)31-20-9-5-4-6-10-20/h4-13,16-17H,14-15H2,1-3H3,(H,26,30). The first-order valence-electron chi connectivity index (χ1n) is 10.4. The molecular weight excluding hydrogens is 404 g/mol. The van der Waals surface area contributed by atoms with Crippen LogP contribution in [0.5, 0.6) is 11.5 Å². The molecule has 7 nitrogen and oxygen atoms in total. The number of hydrogen-bond acceptors (Lipinski definition) is 6. The number of ether oxygens (including phenoxy) is 1. The Morgan fingerprint density at radius 3 is 2.50 bits per heavy atom. The van der Waals surface area contributed by atoms with Gasteiger partial charge in [0.2, 0.25) is 0 Å². The Morgan fingerprint density at radius 2 is 1.72 bits per heavy atom. The second-order valence-corrected chi connectivity index (χ2v) is 7.80. The highest BCUT2D eigenvalue weighted by molar-refractivity contribution is 6.05. The van der Waals surface area contributed by atoms with Gasteiger partial charge in [-0.15, -0.1) is 0 Å². The van der Waals surface area contributed by atoms with Crippen molar-refractivity contribution in [1.82, 2.24) is 9.88 Å². The fourth-order valence-corrected chi connectivity index (χ4v) is 3.13. The molecule has 0 spiro atoms. The van der Waals surface area contributed by atoms with Crippen molar-refractivity contribution in [3.05, 3.63) is 78.4 Å². The van der Waals surface area contributed by atoms with Gasteiger partial charge < -0.3 is 24.3 Å². The lowest BCUT2D eigenvalue weighted by Crippen LogP contribution is -2.28. The first-order valence-corrected chi connectivity index (χ1v) is 10.4. The van der Waals surface area contributed by atoms with Crippen molar-refractivity contribution < 1.29 is 13.9 Å². The number of oxazole rings is 1. The number of fused-ring (bicyclic) bond motifs is 1. The molecule has 1 heterocycles.